The van der Waals surface area contributed by atoms with Crippen LogP contribution in [0.5, 0.6) is 0 Å². The molecule has 1 aliphatic heterocycles. The molecule has 7 heteroatoms. The summed E-state index contributed by atoms with van der Waals surface area (Å²) in [4.78, 5) is 32.7. The highest BCUT2D eigenvalue weighted by molar-refractivity contribution is 8.14. The predicted octanol–water partition coefficient (Wildman–Crippen LogP) is 3.48. The Labute approximate surface area is 148 Å². The maximum absolute atomic E-state index is 12.7. The van der Waals surface area contributed by atoms with Gasteiger partial charge in [0.05, 0.1) is 15.9 Å². The van der Waals surface area contributed by atoms with Crippen LogP contribution in [0, 0.1) is 0 Å². The Morgan fingerprint density at radius 3 is 2.72 bits per heavy atom. The molecule has 2 aromatic heterocycles. The molecule has 0 fully saturated rings. The molecule has 1 aliphatic rings. The summed E-state index contributed by atoms with van der Waals surface area (Å²) in [5, 5.41) is 4.26. The van der Waals surface area contributed by atoms with Crippen molar-refractivity contribution in [3.05, 3.63) is 62.2 Å². The van der Waals surface area contributed by atoms with Crippen LogP contribution in [0.15, 0.2) is 44.9 Å². The largest absolute Gasteiger partial charge is 0.322 e. The lowest BCUT2D eigenvalue weighted by Gasteiger charge is -2.21. The molecule has 1 aromatic carbocycles. The average Bonchev–Trinajstić information content (AvgIpc) is 2.90. The number of aromatic nitrogens is 3. The average molecular weight is 354 g/mol. The first-order valence-electron chi connectivity index (χ1n) is 8.14. The number of nitrogens with zero attached hydrogens (tertiary/aromatic N) is 2. The molecule has 0 amide bonds. The number of benzene rings is 1. The molecule has 1 atom stereocenters. The van der Waals surface area contributed by atoms with Crippen LogP contribution < -0.4 is 11.1 Å². The summed E-state index contributed by atoms with van der Waals surface area (Å²) in [5.41, 5.74) is 1.55. The fraction of sp³-hybridized carbons (Fsp3) is 0.278. The Morgan fingerprint density at radius 2 is 1.96 bits per heavy atom. The summed E-state index contributed by atoms with van der Waals surface area (Å²) in [6.07, 6.45) is 0. The van der Waals surface area contributed by atoms with Crippen LogP contribution in [-0.2, 0) is 0 Å². The van der Waals surface area contributed by atoms with Gasteiger partial charge in [0.2, 0.25) is 0 Å². The number of rotatable bonds is 2. The van der Waals surface area contributed by atoms with E-state index >= 15 is 0 Å². The van der Waals surface area contributed by atoms with Gasteiger partial charge in [-0.15, -0.1) is 0 Å². The first-order chi connectivity index (χ1) is 12.0. The first-order valence-corrected chi connectivity index (χ1v) is 9.02. The van der Waals surface area contributed by atoms with E-state index in [0.717, 1.165) is 15.9 Å². The van der Waals surface area contributed by atoms with Crippen molar-refractivity contribution in [1.29, 1.82) is 0 Å². The van der Waals surface area contributed by atoms with Crippen molar-refractivity contribution in [2.24, 2.45) is 4.99 Å². The molecular weight excluding hydrogens is 336 g/mol. The minimum Gasteiger partial charge on any atom is -0.322 e. The maximum atomic E-state index is 12.7. The molecule has 0 aliphatic carbocycles. The number of hydrogen-bond donors (Lipinski definition) is 2. The topological polar surface area (TPSA) is 83.0 Å². The van der Waals surface area contributed by atoms with E-state index in [1.165, 1.54) is 11.8 Å². The van der Waals surface area contributed by atoms with Gasteiger partial charge in [-0.1, -0.05) is 30.0 Å². The SMILES string of the molecule is CC1=Nc2c(c(=O)[nH]n2C(C)C)C(c2cc3ccccc3[nH]c2=O)S1. The van der Waals surface area contributed by atoms with Crippen LogP contribution >= 0.6 is 11.8 Å². The number of aliphatic imine (C=N–C) groups is 1. The van der Waals surface area contributed by atoms with Crippen molar-refractivity contribution in [3.8, 4) is 0 Å². The van der Waals surface area contributed by atoms with Crippen molar-refractivity contribution < 1.29 is 0 Å². The van der Waals surface area contributed by atoms with E-state index in [1.807, 2.05) is 51.1 Å². The van der Waals surface area contributed by atoms with Gasteiger partial charge >= 0.3 is 0 Å². The molecule has 0 bridgehead atoms. The van der Waals surface area contributed by atoms with Gasteiger partial charge in [0.1, 0.15) is 0 Å². The molecule has 6 nitrogen and oxygen atoms in total. The van der Waals surface area contributed by atoms with Gasteiger partial charge in [-0.3, -0.25) is 19.4 Å². The molecule has 25 heavy (non-hydrogen) atoms. The van der Waals surface area contributed by atoms with Crippen LogP contribution in [0.2, 0.25) is 0 Å². The molecule has 4 rings (SSSR count). The van der Waals surface area contributed by atoms with Gasteiger partial charge in [-0.2, -0.15) is 0 Å². The third-order valence-electron chi connectivity index (χ3n) is 4.33. The van der Waals surface area contributed by atoms with E-state index in [0.29, 0.717) is 16.9 Å². The molecule has 0 radical (unpaired) electrons. The number of H-pyrrole nitrogens is 2. The Morgan fingerprint density at radius 1 is 1.20 bits per heavy atom. The molecule has 2 N–H and O–H groups in total. The lowest BCUT2D eigenvalue weighted by atomic mass is 10.1. The van der Waals surface area contributed by atoms with E-state index in [2.05, 4.69) is 15.1 Å². The van der Waals surface area contributed by atoms with Crippen molar-refractivity contribution in [3.63, 3.8) is 0 Å². The minimum atomic E-state index is -0.371. The summed E-state index contributed by atoms with van der Waals surface area (Å²) >= 11 is 1.44. The number of pyridine rings is 1. The highest BCUT2D eigenvalue weighted by Gasteiger charge is 2.32. The van der Waals surface area contributed by atoms with E-state index in [1.54, 1.807) is 4.68 Å². The predicted molar refractivity (Wildman–Crippen MR) is 102 cm³/mol. The van der Waals surface area contributed by atoms with E-state index in [-0.39, 0.29) is 22.4 Å². The summed E-state index contributed by atoms with van der Waals surface area (Å²) in [7, 11) is 0. The van der Waals surface area contributed by atoms with Crippen molar-refractivity contribution in [2.75, 3.05) is 0 Å². The smallest absolute Gasteiger partial charge is 0.271 e. The zero-order chi connectivity index (χ0) is 17.7. The van der Waals surface area contributed by atoms with Gasteiger partial charge in [0.15, 0.2) is 5.82 Å². The van der Waals surface area contributed by atoms with Gasteiger partial charge in [0, 0.05) is 17.1 Å². The number of fused-ring (bicyclic) bond motifs is 2. The van der Waals surface area contributed by atoms with Gasteiger partial charge in [-0.05, 0) is 38.3 Å². The van der Waals surface area contributed by atoms with Crippen molar-refractivity contribution in [2.45, 2.75) is 32.1 Å². The monoisotopic (exact) mass is 354 g/mol. The highest BCUT2D eigenvalue weighted by atomic mass is 32.2. The maximum Gasteiger partial charge on any atom is 0.271 e. The number of thioether (sulfide) groups is 1. The summed E-state index contributed by atoms with van der Waals surface area (Å²) in [5.74, 6) is 0.619. The summed E-state index contributed by atoms with van der Waals surface area (Å²) in [6, 6.07) is 9.59. The van der Waals surface area contributed by atoms with Crippen LogP contribution in [0.25, 0.3) is 10.9 Å². The van der Waals surface area contributed by atoms with Crippen LogP contribution in [-0.4, -0.2) is 19.8 Å². The zero-order valence-corrected chi connectivity index (χ0v) is 15.0. The van der Waals surface area contributed by atoms with Crippen molar-refractivity contribution in [1.82, 2.24) is 14.8 Å². The normalized spacial score (nSPS) is 17.0. The lowest BCUT2D eigenvalue weighted by molar-refractivity contribution is 0.533. The number of para-hydroxylation sites is 1. The standard InChI is InChI=1S/C18H18N4O2S/c1-9(2)22-16-14(18(24)21-22)15(25-10(3)19-16)12-8-11-6-4-5-7-13(11)20-17(12)23/h4-9,15H,1-3H3,(H,20,23)(H,21,24). The molecular formula is C18H18N4O2S. The molecule has 0 spiro atoms. The molecule has 128 valence electrons. The highest BCUT2D eigenvalue weighted by Crippen LogP contribution is 2.43. The number of hydrogen-bond acceptors (Lipinski definition) is 4. The second kappa shape index (κ2) is 5.77. The van der Waals surface area contributed by atoms with Crippen LogP contribution in [0.1, 0.15) is 43.2 Å². The Hall–Kier alpha value is -2.54. The number of aromatic amines is 2. The molecule has 0 saturated heterocycles. The molecule has 0 saturated carbocycles. The number of nitrogens with one attached hydrogen (secondary N) is 2. The fourth-order valence-electron chi connectivity index (χ4n) is 3.16. The van der Waals surface area contributed by atoms with Gasteiger partial charge < -0.3 is 4.98 Å². The van der Waals surface area contributed by atoms with Gasteiger partial charge in [-0.25, -0.2) is 4.99 Å². The van der Waals surface area contributed by atoms with Crippen molar-refractivity contribution >= 4 is 33.5 Å². The lowest BCUT2D eigenvalue weighted by Crippen LogP contribution is -2.21. The zero-order valence-electron chi connectivity index (χ0n) is 14.2. The Balaban J connectivity index is 1.97. The Kier molecular flexibility index (Phi) is 3.68. The molecule has 1 unspecified atom stereocenters. The molecule has 3 aromatic rings. The quantitative estimate of drug-likeness (QED) is 0.739. The van der Waals surface area contributed by atoms with E-state index in [9.17, 15) is 9.59 Å². The van der Waals surface area contributed by atoms with E-state index < -0.39 is 0 Å². The fourth-order valence-corrected chi connectivity index (χ4v) is 4.27. The first kappa shape index (κ1) is 16.0. The minimum absolute atomic E-state index is 0.0756. The second-order valence-corrected chi connectivity index (χ2v) is 7.71. The summed E-state index contributed by atoms with van der Waals surface area (Å²) in [6.45, 7) is 5.87. The Bertz CT molecular complexity index is 1120. The summed E-state index contributed by atoms with van der Waals surface area (Å²) < 4.78 is 1.77. The van der Waals surface area contributed by atoms with Crippen LogP contribution in [0.4, 0.5) is 5.82 Å². The van der Waals surface area contributed by atoms with Crippen LogP contribution in [0.3, 0.4) is 0 Å². The van der Waals surface area contributed by atoms with Gasteiger partial charge in [0.25, 0.3) is 11.1 Å². The second-order valence-electron chi connectivity index (χ2n) is 6.41. The third kappa shape index (κ3) is 2.55. The third-order valence-corrected chi connectivity index (χ3v) is 5.49. The molecule has 3 heterocycles. The van der Waals surface area contributed by atoms with E-state index in [4.69, 9.17) is 0 Å².